The van der Waals surface area contributed by atoms with E-state index in [1.54, 1.807) is 25.1 Å². The summed E-state index contributed by atoms with van der Waals surface area (Å²) in [6.45, 7) is 1.47. The van der Waals surface area contributed by atoms with Gasteiger partial charge in [0.15, 0.2) is 6.61 Å². The zero-order valence-electron chi connectivity index (χ0n) is 15.5. The molecule has 150 valence electrons. The van der Waals surface area contributed by atoms with Crippen LogP contribution in [0.2, 0.25) is 5.02 Å². The van der Waals surface area contributed by atoms with Crippen molar-refractivity contribution in [2.75, 3.05) is 20.7 Å². The van der Waals surface area contributed by atoms with Gasteiger partial charge in [0.05, 0.1) is 4.90 Å². The van der Waals surface area contributed by atoms with Gasteiger partial charge >= 0.3 is 0 Å². The Bertz CT molecular complexity index is 992. The number of aryl methyl sites for hydroxylation is 1. The van der Waals surface area contributed by atoms with Gasteiger partial charge in [-0.2, -0.15) is 0 Å². The summed E-state index contributed by atoms with van der Waals surface area (Å²) in [7, 11) is -0.887. The number of hydrogen-bond acceptors (Lipinski definition) is 5. The summed E-state index contributed by atoms with van der Waals surface area (Å²) < 4.78 is 30.7. The molecule has 2 rings (SSSR count). The van der Waals surface area contributed by atoms with Crippen molar-refractivity contribution in [2.45, 2.75) is 11.8 Å². The van der Waals surface area contributed by atoms with Crippen molar-refractivity contribution in [3.05, 3.63) is 58.6 Å². The van der Waals surface area contributed by atoms with Gasteiger partial charge in [-0.25, -0.2) is 12.7 Å². The lowest BCUT2D eigenvalue weighted by molar-refractivity contribution is -0.123. The highest BCUT2D eigenvalue weighted by atomic mass is 35.5. The number of carbonyl (C=O) groups excluding carboxylic acids is 2. The molecule has 0 bridgehead atoms. The summed E-state index contributed by atoms with van der Waals surface area (Å²) in [4.78, 5) is 24.0. The Balaban J connectivity index is 1.94. The Labute approximate surface area is 168 Å². The Morgan fingerprint density at radius 1 is 1.11 bits per heavy atom. The molecule has 2 aromatic rings. The third-order valence-corrected chi connectivity index (χ3v) is 5.73. The highest BCUT2D eigenvalue weighted by Gasteiger charge is 2.19. The SMILES string of the molecule is Cc1cc(Cl)ccc1OCC(=O)NNC(=O)c1cccc(S(=O)(=O)N(C)C)c1. The van der Waals surface area contributed by atoms with Gasteiger partial charge in [-0.3, -0.25) is 20.4 Å². The quantitative estimate of drug-likeness (QED) is 0.686. The first-order valence-corrected chi connectivity index (χ1v) is 9.94. The summed E-state index contributed by atoms with van der Waals surface area (Å²) in [5, 5.41) is 0.556. The summed E-state index contributed by atoms with van der Waals surface area (Å²) in [5.41, 5.74) is 5.28. The van der Waals surface area contributed by atoms with Crippen molar-refractivity contribution in [2.24, 2.45) is 0 Å². The van der Waals surface area contributed by atoms with Gasteiger partial charge in [-0.15, -0.1) is 0 Å². The van der Waals surface area contributed by atoms with Crippen LogP contribution in [0.1, 0.15) is 15.9 Å². The molecule has 0 aliphatic rings. The molecule has 2 aromatic carbocycles. The monoisotopic (exact) mass is 425 g/mol. The number of sulfonamides is 1. The van der Waals surface area contributed by atoms with E-state index >= 15 is 0 Å². The van der Waals surface area contributed by atoms with Crippen molar-refractivity contribution in [1.82, 2.24) is 15.2 Å². The third-order valence-electron chi connectivity index (χ3n) is 3.69. The van der Waals surface area contributed by atoms with Crippen LogP contribution in [0.5, 0.6) is 5.75 Å². The van der Waals surface area contributed by atoms with Crippen LogP contribution in [-0.4, -0.2) is 45.2 Å². The van der Waals surface area contributed by atoms with Crippen LogP contribution in [0.3, 0.4) is 0 Å². The lowest BCUT2D eigenvalue weighted by atomic mass is 10.2. The fourth-order valence-electron chi connectivity index (χ4n) is 2.16. The molecule has 0 heterocycles. The first-order chi connectivity index (χ1) is 13.1. The molecule has 8 nitrogen and oxygen atoms in total. The van der Waals surface area contributed by atoms with E-state index in [-0.39, 0.29) is 17.1 Å². The number of hydrogen-bond donors (Lipinski definition) is 2. The van der Waals surface area contributed by atoms with Crippen LogP contribution in [0.15, 0.2) is 47.4 Å². The first kappa shape index (κ1) is 21.7. The van der Waals surface area contributed by atoms with Gasteiger partial charge in [-0.05, 0) is 48.9 Å². The molecule has 0 saturated carbocycles. The molecule has 2 amide bonds. The topological polar surface area (TPSA) is 105 Å². The van der Waals surface area contributed by atoms with E-state index in [0.29, 0.717) is 10.8 Å². The minimum absolute atomic E-state index is 0.0296. The maximum absolute atomic E-state index is 12.2. The fourth-order valence-corrected chi connectivity index (χ4v) is 3.34. The molecule has 0 saturated heterocycles. The molecule has 0 spiro atoms. The molecule has 0 aliphatic carbocycles. The van der Waals surface area contributed by atoms with E-state index in [1.807, 2.05) is 0 Å². The number of ether oxygens (including phenoxy) is 1. The molecule has 10 heteroatoms. The molecule has 0 unspecified atom stereocenters. The highest BCUT2D eigenvalue weighted by Crippen LogP contribution is 2.21. The molecule has 0 fully saturated rings. The fraction of sp³-hybridized carbons (Fsp3) is 0.222. The number of rotatable bonds is 6. The van der Waals surface area contributed by atoms with Crippen LogP contribution >= 0.6 is 11.6 Å². The number of amides is 2. The van der Waals surface area contributed by atoms with E-state index in [0.717, 1.165) is 9.87 Å². The second-order valence-electron chi connectivity index (χ2n) is 6.02. The van der Waals surface area contributed by atoms with Crippen molar-refractivity contribution >= 4 is 33.4 Å². The lowest BCUT2D eigenvalue weighted by Gasteiger charge is -2.13. The van der Waals surface area contributed by atoms with E-state index in [1.165, 1.54) is 38.4 Å². The van der Waals surface area contributed by atoms with Crippen LogP contribution in [-0.2, 0) is 14.8 Å². The van der Waals surface area contributed by atoms with Crippen molar-refractivity contribution in [1.29, 1.82) is 0 Å². The van der Waals surface area contributed by atoms with Gasteiger partial charge in [-0.1, -0.05) is 17.7 Å². The summed E-state index contributed by atoms with van der Waals surface area (Å²) in [5.74, 6) is -0.751. The second kappa shape index (κ2) is 9.05. The van der Waals surface area contributed by atoms with Gasteiger partial charge in [0.2, 0.25) is 10.0 Å². The van der Waals surface area contributed by atoms with Crippen molar-refractivity contribution in [3.8, 4) is 5.75 Å². The van der Waals surface area contributed by atoms with Crippen LogP contribution in [0.25, 0.3) is 0 Å². The minimum Gasteiger partial charge on any atom is -0.483 e. The lowest BCUT2D eigenvalue weighted by Crippen LogP contribution is -2.43. The number of carbonyl (C=O) groups is 2. The smallest absolute Gasteiger partial charge is 0.276 e. The predicted octanol–water partition coefficient (Wildman–Crippen LogP) is 1.74. The number of benzene rings is 2. The number of nitrogens with one attached hydrogen (secondary N) is 2. The van der Waals surface area contributed by atoms with Gasteiger partial charge in [0, 0.05) is 24.7 Å². The minimum atomic E-state index is -3.67. The average molecular weight is 426 g/mol. The average Bonchev–Trinajstić information content (AvgIpc) is 2.65. The molecule has 28 heavy (non-hydrogen) atoms. The predicted molar refractivity (Wildman–Crippen MR) is 105 cm³/mol. The number of nitrogens with zero attached hydrogens (tertiary/aromatic N) is 1. The maximum Gasteiger partial charge on any atom is 0.276 e. The Kier molecular flexibility index (Phi) is 7.00. The van der Waals surface area contributed by atoms with Gasteiger partial charge in [0.1, 0.15) is 5.75 Å². The van der Waals surface area contributed by atoms with E-state index in [9.17, 15) is 18.0 Å². The molecule has 0 aromatic heterocycles. The normalized spacial score (nSPS) is 11.2. The molecule has 2 N–H and O–H groups in total. The van der Waals surface area contributed by atoms with Crippen molar-refractivity contribution < 1.29 is 22.7 Å². The summed E-state index contributed by atoms with van der Waals surface area (Å²) in [6, 6.07) is 10.5. The zero-order valence-corrected chi connectivity index (χ0v) is 17.1. The van der Waals surface area contributed by atoms with Crippen LogP contribution < -0.4 is 15.6 Å². The molecular weight excluding hydrogens is 406 g/mol. The van der Waals surface area contributed by atoms with E-state index in [2.05, 4.69) is 10.9 Å². The molecule has 0 aliphatic heterocycles. The second-order valence-corrected chi connectivity index (χ2v) is 8.60. The Morgan fingerprint density at radius 3 is 2.46 bits per heavy atom. The molecule has 0 radical (unpaired) electrons. The first-order valence-electron chi connectivity index (χ1n) is 8.12. The van der Waals surface area contributed by atoms with Crippen LogP contribution in [0.4, 0.5) is 0 Å². The Hall–Kier alpha value is -2.62. The summed E-state index contributed by atoms with van der Waals surface area (Å²) in [6.07, 6.45) is 0. The van der Waals surface area contributed by atoms with E-state index < -0.39 is 21.8 Å². The number of halogens is 1. The van der Waals surface area contributed by atoms with Gasteiger partial charge in [0.25, 0.3) is 11.8 Å². The molecule has 0 atom stereocenters. The van der Waals surface area contributed by atoms with Gasteiger partial charge < -0.3 is 4.74 Å². The maximum atomic E-state index is 12.2. The largest absolute Gasteiger partial charge is 0.483 e. The van der Waals surface area contributed by atoms with Crippen molar-refractivity contribution in [3.63, 3.8) is 0 Å². The highest BCUT2D eigenvalue weighted by molar-refractivity contribution is 7.89. The third kappa shape index (κ3) is 5.44. The number of hydrazine groups is 1. The Morgan fingerprint density at radius 2 is 1.82 bits per heavy atom. The summed E-state index contributed by atoms with van der Waals surface area (Å²) >= 11 is 5.86. The van der Waals surface area contributed by atoms with E-state index in [4.69, 9.17) is 16.3 Å². The van der Waals surface area contributed by atoms with Crippen LogP contribution in [0, 0.1) is 6.92 Å². The standard InChI is InChI=1S/C18H20ClN3O5S/c1-12-9-14(19)7-8-16(12)27-11-17(23)20-21-18(24)13-5-4-6-15(10-13)28(25,26)22(2)3/h4-10H,11H2,1-3H3,(H,20,23)(H,21,24). The zero-order chi connectivity index (χ0) is 20.9. The molecular formula is C18H20ClN3O5S.